The summed E-state index contributed by atoms with van der Waals surface area (Å²) in [6, 6.07) is 25.0. The lowest BCUT2D eigenvalue weighted by atomic mass is 10.0. The monoisotopic (exact) mass is 599 g/mol. The van der Waals surface area contributed by atoms with Crippen LogP contribution in [0.3, 0.4) is 0 Å². The van der Waals surface area contributed by atoms with E-state index in [4.69, 9.17) is 25.8 Å². The zero-order valence-electron chi connectivity index (χ0n) is 23.2. The first-order chi connectivity index (χ1) is 20.5. The predicted octanol–water partition coefficient (Wildman–Crippen LogP) is 8.31. The number of carbonyl (C=O) groups excluding carboxylic acids is 2. The number of benzene rings is 4. The van der Waals surface area contributed by atoms with Crippen LogP contribution >= 0.6 is 23.4 Å². The highest BCUT2D eigenvalue weighted by atomic mass is 35.5. The molecule has 0 radical (unpaired) electrons. The summed E-state index contributed by atoms with van der Waals surface area (Å²) in [5, 5.41) is 2.38. The molecule has 1 aliphatic rings. The van der Waals surface area contributed by atoms with Crippen LogP contribution in [0, 0.1) is 0 Å². The summed E-state index contributed by atoms with van der Waals surface area (Å²) in [4.78, 5) is 27.6. The Bertz CT molecular complexity index is 1640. The fourth-order valence-corrected chi connectivity index (χ4v) is 5.64. The number of amides is 2. The Morgan fingerprint density at radius 2 is 1.71 bits per heavy atom. The van der Waals surface area contributed by atoms with Gasteiger partial charge in [0.2, 0.25) is 0 Å². The van der Waals surface area contributed by atoms with Crippen molar-refractivity contribution in [2.45, 2.75) is 20.0 Å². The minimum absolute atomic E-state index is 0.147. The van der Waals surface area contributed by atoms with Crippen LogP contribution in [-0.4, -0.2) is 35.8 Å². The zero-order chi connectivity index (χ0) is 29.5. The van der Waals surface area contributed by atoms with E-state index in [-0.39, 0.29) is 24.3 Å². The lowest BCUT2D eigenvalue weighted by Gasteiger charge is -2.17. The van der Waals surface area contributed by atoms with Crippen molar-refractivity contribution in [3.05, 3.63) is 118 Å². The van der Waals surface area contributed by atoms with Gasteiger partial charge in [0, 0.05) is 16.0 Å². The van der Waals surface area contributed by atoms with Gasteiger partial charge in [-0.2, -0.15) is 0 Å². The maximum atomic E-state index is 13.2. The first-order valence-corrected chi connectivity index (χ1v) is 14.8. The summed E-state index contributed by atoms with van der Waals surface area (Å²) in [5.74, 6) is 1.53. The number of allylic oxidation sites excluding steroid dienone is 1. The molecule has 6 nitrogen and oxygen atoms in total. The first kappa shape index (κ1) is 29.3. The summed E-state index contributed by atoms with van der Waals surface area (Å²) in [6.45, 7) is 6.89. The number of ether oxygens (including phenoxy) is 3. The SMILES string of the molecule is C=CCc1cc(/C=C2\SC(=O)N(CCOc3cccc4ccccc34)C2=O)cc(OCC)c1OCc1ccc(Cl)cc1. The smallest absolute Gasteiger partial charge is 0.293 e. The molecule has 0 N–H and O–H groups in total. The van der Waals surface area contributed by atoms with Crippen LogP contribution in [0.1, 0.15) is 23.6 Å². The molecular formula is C34H30ClNO5S. The number of halogens is 1. The van der Waals surface area contributed by atoms with Gasteiger partial charge in [0.1, 0.15) is 19.0 Å². The normalized spacial score (nSPS) is 14.0. The molecule has 4 aromatic carbocycles. The number of carbonyl (C=O) groups is 2. The standard InChI is InChI=1S/C34H30ClNO5S/c1-3-8-26-19-24(20-30(39-4-2)32(26)41-22-23-13-15-27(35)16-14-23)21-31-33(37)36(34(38)42-31)17-18-40-29-12-7-10-25-9-5-6-11-28(25)29/h3,5-7,9-16,19-21H,1,4,8,17-18,22H2,2H3/b31-21-. The Kier molecular flexibility index (Phi) is 9.52. The first-order valence-electron chi connectivity index (χ1n) is 13.6. The lowest BCUT2D eigenvalue weighted by Crippen LogP contribution is -2.32. The number of fused-ring (bicyclic) bond motifs is 1. The fourth-order valence-electron chi connectivity index (χ4n) is 4.65. The van der Waals surface area contributed by atoms with Crippen molar-refractivity contribution < 1.29 is 23.8 Å². The Morgan fingerprint density at radius 3 is 2.50 bits per heavy atom. The summed E-state index contributed by atoms with van der Waals surface area (Å²) >= 11 is 6.93. The van der Waals surface area contributed by atoms with Gasteiger partial charge in [-0.15, -0.1) is 6.58 Å². The van der Waals surface area contributed by atoms with Crippen molar-refractivity contribution in [3.8, 4) is 17.2 Å². The van der Waals surface area contributed by atoms with Crippen LogP contribution < -0.4 is 14.2 Å². The Morgan fingerprint density at radius 1 is 0.929 bits per heavy atom. The van der Waals surface area contributed by atoms with E-state index in [2.05, 4.69) is 6.58 Å². The molecule has 42 heavy (non-hydrogen) atoms. The molecule has 1 saturated heterocycles. The Labute approximate surface area is 254 Å². The molecule has 1 heterocycles. The van der Waals surface area contributed by atoms with Crippen molar-refractivity contribution >= 4 is 51.4 Å². The van der Waals surface area contributed by atoms with Crippen molar-refractivity contribution in [2.24, 2.45) is 0 Å². The third kappa shape index (κ3) is 6.81. The summed E-state index contributed by atoms with van der Waals surface area (Å²) in [6.07, 6.45) is 4.03. The number of hydrogen-bond acceptors (Lipinski definition) is 6. The van der Waals surface area contributed by atoms with Crippen LogP contribution in [-0.2, 0) is 17.8 Å². The largest absolute Gasteiger partial charge is 0.491 e. The number of hydrogen-bond donors (Lipinski definition) is 0. The van der Waals surface area contributed by atoms with Crippen molar-refractivity contribution in [3.63, 3.8) is 0 Å². The molecule has 0 aliphatic carbocycles. The topological polar surface area (TPSA) is 65.1 Å². The molecule has 0 atom stereocenters. The summed E-state index contributed by atoms with van der Waals surface area (Å²) in [5.41, 5.74) is 2.55. The molecule has 0 saturated carbocycles. The average molecular weight is 600 g/mol. The molecule has 1 fully saturated rings. The van der Waals surface area contributed by atoms with Gasteiger partial charge in [-0.05, 0) is 78.0 Å². The van der Waals surface area contributed by atoms with Gasteiger partial charge in [-0.1, -0.05) is 66.2 Å². The molecule has 0 spiro atoms. The van der Waals surface area contributed by atoms with Crippen LogP contribution in [0.5, 0.6) is 17.2 Å². The highest BCUT2D eigenvalue weighted by Crippen LogP contribution is 2.38. The molecule has 8 heteroatoms. The van der Waals surface area contributed by atoms with Gasteiger partial charge in [-0.25, -0.2) is 0 Å². The maximum Gasteiger partial charge on any atom is 0.293 e. The Hall–Kier alpha value is -4.20. The minimum Gasteiger partial charge on any atom is -0.491 e. The van der Waals surface area contributed by atoms with E-state index >= 15 is 0 Å². The van der Waals surface area contributed by atoms with Gasteiger partial charge in [0.05, 0.1) is 18.1 Å². The molecule has 214 valence electrons. The molecule has 4 aromatic rings. The van der Waals surface area contributed by atoms with E-state index in [1.165, 1.54) is 4.90 Å². The van der Waals surface area contributed by atoms with Crippen LogP contribution in [0.25, 0.3) is 16.8 Å². The Balaban J connectivity index is 1.32. The molecule has 2 amide bonds. The van der Waals surface area contributed by atoms with E-state index in [1.54, 1.807) is 12.2 Å². The van der Waals surface area contributed by atoms with E-state index in [0.29, 0.717) is 46.8 Å². The maximum absolute atomic E-state index is 13.2. The van der Waals surface area contributed by atoms with E-state index in [1.807, 2.05) is 85.8 Å². The predicted molar refractivity (Wildman–Crippen MR) is 169 cm³/mol. The fraction of sp³-hybridized carbons (Fsp3) is 0.176. The third-order valence-corrected chi connectivity index (χ3v) is 7.77. The second-order valence-electron chi connectivity index (χ2n) is 9.51. The molecule has 0 bridgehead atoms. The minimum atomic E-state index is -0.349. The molecule has 0 unspecified atom stereocenters. The van der Waals surface area contributed by atoms with Crippen LogP contribution in [0.15, 0.2) is 96.4 Å². The average Bonchev–Trinajstić information content (AvgIpc) is 3.25. The molecule has 5 rings (SSSR count). The number of imide groups is 1. The van der Waals surface area contributed by atoms with E-state index in [9.17, 15) is 9.59 Å². The van der Waals surface area contributed by atoms with Crippen LogP contribution in [0.2, 0.25) is 5.02 Å². The molecule has 1 aliphatic heterocycles. The number of thioether (sulfide) groups is 1. The van der Waals surface area contributed by atoms with Crippen molar-refractivity contribution in [1.29, 1.82) is 0 Å². The second-order valence-corrected chi connectivity index (χ2v) is 10.9. The van der Waals surface area contributed by atoms with E-state index in [0.717, 1.165) is 39.2 Å². The van der Waals surface area contributed by atoms with Gasteiger partial charge in [0.25, 0.3) is 11.1 Å². The zero-order valence-corrected chi connectivity index (χ0v) is 24.7. The number of rotatable bonds is 12. The van der Waals surface area contributed by atoms with Crippen molar-refractivity contribution in [2.75, 3.05) is 19.8 Å². The quantitative estimate of drug-likeness (QED) is 0.120. The van der Waals surface area contributed by atoms with Gasteiger partial charge in [0.15, 0.2) is 11.5 Å². The second kappa shape index (κ2) is 13.6. The summed E-state index contributed by atoms with van der Waals surface area (Å²) < 4.78 is 18.1. The summed E-state index contributed by atoms with van der Waals surface area (Å²) in [7, 11) is 0. The van der Waals surface area contributed by atoms with E-state index < -0.39 is 0 Å². The highest BCUT2D eigenvalue weighted by molar-refractivity contribution is 8.18. The number of nitrogens with zero attached hydrogens (tertiary/aromatic N) is 1. The highest BCUT2D eigenvalue weighted by Gasteiger charge is 2.35. The molecular weight excluding hydrogens is 570 g/mol. The van der Waals surface area contributed by atoms with Crippen LogP contribution in [0.4, 0.5) is 4.79 Å². The van der Waals surface area contributed by atoms with Gasteiger partial charge < -0.3 is 14.2 Å². The lowest BCUT2D eigenvalue weighted by molar-refractivity contribution is -0.123. The van der Waals surface area contributed by atoms with Gasteiger partial charge in [-0.3, -0.25) is 14.5 Å². The van der Waals surface area contributed by atoms with Crippen molar-refractivity contribution in [1.82, 2.24) is 4.90 Å². The molecule has 0 aromatic heterocycles. The van der Waals surface area contributed by atoms with Gasteiger partial charge >= 0.3 is 0 Å². The third-order valence-electron chi connectivity index (χ3n) is 6.61.